The van der Waals surface area contributed by atoms with Gasteiger partial charge in [-0.05, 0) is 56.9 Å². The summed E-state index contributed by atoms with van der Waals surface area (Å²) in [4.78, 5) is 32.0. The van der Waals surface area contributed by atoms with Gasteiger partial charge >= 0.3 is 12.1 Å². The van der Waals surface area contributed by atoms with Gasteiger partial charge in [-0.15, -0.1) is 0 Å². The summed E-state index contributed by atoms with van der Waals surface area (Å²) < 4.78 is 5.63. The third-order valence-corrected chi connectivity index (χ3v) is 4.26. The molecular formula is C21H31N3O4. The van der Waals surface area contributed by atoms with Crippen LogP contribution < -0.4 is 4.90 Å². The van der Waals surface area contributed by atoms with Gasteiger partial charge in [-0.1, -0.05) is 13.8 Å². The van der Waals surface area contributed by atoms with Crippen LogP contribution in [0.2, 0.25) is 0 Å². The van der Waals surface area contributed by atoms with Gasteiger partial charge in [-0.2, -0.15) is 0 Å². The largest absolute Gasteiger partial charge is 0.478 e. The monoisotopic (exact) mass is 389 g/mol. The molecule has 1 aliphatic heterocycles. The maximum Gasteiger partial charge on any atom is 0.416 e. The van der Waals surface area contributed by atoms with E-state index in [1.165, 1.54) is 6.08 Å². The van der Waals surface area contributed by atoms with Crippen LogP contribution in [0.3, 0.4) is 0 Å². The molecule has 1 atom stereocenters. The molecule has 1 saturated heterocycles. The zero-order chi connectivity index (χ0) is 20.9. The topological polar surface area (TPSA) is 83.0 Å². The number of ether oxygens (including phenoxy) is 1. The van der Waals surface area contributed by atoms with Crippen LogP contribution in [0.1, 0.15) is 46.6 Å². The van der Waals surface area contributed by atoms with Crippen LogP contribution in [-0.2, 0) is 9.53 Å². The number of carboxylic acid groups (broad SMARTS) is 1. The van der Waals surface area contributed by atoms with E-state index in [-0.39, 0.29) is 6.04 Å². The lowest BCUT2D eigenvalue weighted by atomic mass is 10.2. The molecule has 0 unspecified atom stereocenters. The van der Waals surface area contributed by atoms with Crippen molar-refractivity contribution in [3.8, 4) is 0 Å². The van der Waals surface area contributed by atoms with Gasteiger partial charge in [-0.25, -0.2) is 14.6 Å². The molecule has 0 saturated carbocycles. The Bertz CT molecular complexity index is 707. The average molecular weight is 389 g/mol. The fraction of sp³-hybridized carbons (Fsp3) is 0.571. The zero-order valence-corrected chi connectivity index (χ0v) is 17.4. The Labute approximate surface area is 167 Å². The first-order valence-electron chi connectivity index (χ1n) is 9.67. The summed E-state index contributed by atoms with van der Waals surface area (Å²) in [7, 11) is 0. The molecule has 1 aromatic heterocycles. The van der Waals surface area contributed by atoms with E-state index in [1.807, 2.05) is 20.8 Å². The van der Waals surface area contributed by atoms with Gasteiger partial charge in [0.15, 0.2) is 0 Å². The summed E-state index contributed by atoms with van der Waals surface area (Å²) in [6.45, 7) is 12.6. The Hall–Kier alpha value is -2.41. The van der Waals surface area contributed by atoms with Crippen LogP contribution in [0, 0.1) is 5.92 Å². The Morgan fingerprint density at radius 1 is 1.39 bits per heavy atom. The van der Waals surface area contributed by atoms with Crippen LogP contribution in [0.4, 0.5) is 10.6 Å². The average Bonchev–Trinajstić information content (AvgIpc) is 2.99. The van der Waals surface area contributed by atoms with E-state index in [0.29, 0.717) is 17.3 Å². The molecule has 1 aliphatic rings. The van der Waals surface area contributed by atoms with Crippen molar-refractivity contribution in [3.05, 3.63) is 30.0 Å². The van der Waals surface area contributed by atoms with Crippen LogP contribution in [-0.4, -0.2) is 58.3 Å². The standard InChI is InChI=1S/C21H31N3O4/c1-15(2)13-23-11-10-17(14-23)24(20(27)28-21(3,4)5)18-8-6-16(12-22-18)7-9-19(25)26/h6-9,12,15,17H,10-11,13-14H2,1-5H3,(H,25,26)/t17-/m1/s1. The lowest BCUT2D eigenvalue weighted by Gasteiger charge is -2.31. The summed E-state index contributed by atoms with van der Waals surface area (Å²) in [6, 6.07) is 3.47. The van der Waals surface area contributed by atoms with E-state index in [0.717, 1.165) is 32.1 Å². The Morgan fingerprint density at radius 2 is 2.11 bits per heavy atom. The Morgan fingerprint density at radius 3 is 2.64 bits per heavy atom. The molecule has 2 heterocycles. The van der Waals surface area contributed by atoms with Gasteiger partial charge in [0, 0.05) is 31.9 Å². The number of hydrogen-bond donors (Lipinski definition) is 1. The van der Waals surface area contributed by atoms with Gasteiger partial charge in [0.25, 0.3) is 0 Å². The molecule has 0 aliphatic carbocycles. The van der Waals surface area contributed by atoms with Gasteiger partial charge < -0.3 is 14.7 Å². The molecule has 7 heteroatoms. The lowest BCUT2D eigenvalue weighted by Crippen LogP contribution is -2.45. The van der Waals surface area contributed by atoms with E-state index >= 15 is 0 Å². The maximum atomic E-state index is 12.9. The number of rotatable bonds is 6. The molecule has 7 nitrogen and oxygen atoms in total. The predicted octanol–water partition coefficient (Wildman–Crippen LogP) is 3.65. The number of hydrogen-bond acceptors (Lipinski definition) is 5. The number of carbonyl (C=O) groups is 2. The third kappa shape index (κ3) is 6.64. The first kappa shape index (κ1) is 21.9. The minimum Gasteiger partial charge on any atom is -0.478 e. The van der Waals surface area contributed by atoms with E-state index in [1.54, 1.807) is 23.2 Å². The molecule has 2 rings (SSSR count). The molecule has 0 spiro atoms. The molecule has 1 aromatic rings. The minimum absolute atomic E-state index is 0.0125. The van der Waals surface area contributed by atoms with Crippen molar-refractivity contribution >= 4 is 24.0 Å². The fourth-order valence-electron chi connectivity index (χ4n) is 3.25. The molecular weight excluding hydrogens is 358 g/mol. The highest BCUT2D eigenvalue weighted by molar-refractivity contribution is 5.88. The van der Waals surface area contributed by atoms with Crippen LogP contribution in [0.25, 0.3) is 6.08 Å². The zero-order valence-electron chi connectivity index (χ0n) is 17.4. The molecule has 1 N–H and O–H groups in total. The number of anilines is 1. The molecule has 0 radical (unpaired) electrons. The van der Waals surface area contributed by atoms with Crippen molar-refractivity contribution in [2.45, 2.75) is 52.7 Å². The summed E-state index contributed by atoms with van der Waals surface area (Å²) in [5.41, 5.74) is 0.0542. The smallest absolute Gasteiger partial charge is 0.416 e. The van der Waals surface area contributed by atoms with Crippen molar-refractivity contribution in [1.82, 2.24) is 9.88 Å². The molecule has 0 aromatic carbocycles. The maximum absolute atomic E-state index is 12.9. The second kappa shape index (κ2) is 9.19. The minimum atomic E-state index is -1.02. The third-order valence-electron chi connectivity index (χ3n) is 4.26. The van der Waals surface area contributed by atoms with Gasteiger partial charge in [0.05, 0.1) is 6.04 Å². The first-order chi connectivity index (χ1) is 13.0. The van der Waals surface area contributed by atoms with E-state index in [9.17, 15) is 9.59 Å². The SMILES string of the molecule is CC(C)CN1CC[C@@H](N(C(=O)OC(C)(C)C)c2ccc(C=CC(=O)O)cn2)C1. The Kier molecular flexibility index (Phi) is 7.18. The normalized spacial score (nSPS) is 18.0. The van der Waals surface area contributed by atoms with Crippen LogP contribution in [0.5, 0.6) is 0 Å². The number of carbonyl (C=O) groups excluding carboxylic acids is 1. The van der Waals surface area contributed by atoms with Gasteiger partial charge in [-0.3, -0.25) is 4.90 Å². The summed E-state index contributed by atoms with van der Waals surface area (Å²) >= 11 is 0. The van der Waals surface area contributed by atoms with Gasteiger partial charge in [0.2, 0.25) is 0 Å². The number of aliphatic carboxylic acids is 1. The summed E-state index contributed by atoms with van der Waals surface area (Å²) in [5, 5.41) is 8.75. The molecule has 0 bridgehead atoms. The Balaban J connectivity index is 2.23. The number of likely N-dealkylation sites (tertiary alicyclic amines) is 1. The first-order valence-corrected chi connectivity index (χ1v) is 9.67. The number of nitrogens with zero attached hydrogens (tertiary/aromatic N) is 3. The van der Waals surface area contributed by atoms with Crippen molar-refractivity contribution < 1.29 is 19.4 Å². The number of aromatic nitrogens is 1. The second-order valence-electron chi connectivity index (χ2n) is 8.57. The van der Waals surface area contributed by atoms with Crippen LogP contribution >= 0.6 is 0 Å². The number of amides is 1. The molecule has 28 heavy (non-hydrogen) atoms. The highest BCUT2D eigenvalue weighted by Crippen LogP contribution is 2.25. The van der Waals surface area contributed by atoms with Crippen molar-refractivity contribution in [3.63, 3.8) is 0 Å². The van der Waals surface area contributed by atoms with Crippen molar-refractivity contribution in [2.75, 3.05) is 24.5 Å². The van der Waals surface area contributed by atoms with E-state index < -0.39 is 17.7 Å². The fourth-order valence-corrected chi connectivity index (χ4v) is 3.25. The highest BCUT2D eigenvalue weighted by atomic mass is 16.6. The van der Waals surface area contributed by atoms with E-state index in [2.05, 4.69) is 23.7 Å². The second-order valence-corrected chi connectivity index (χ2v) is 8.57. The quantitative estimate of drug-likeness (QED) is 0.748. The summed E-state index contributed by atoms with van der Waals surface area (Å²) in [6.07, 6.45) is 4.53. The predicted molar refractivity (Wildman–Crippen MR) is 109 cm³/mol. The van der Waals surface area contributed by atoms with Crippen molar-refractivity contribution in [2.24, 2.45) is 5.92 Å². The van der Waals surface area contributed by atoms with E-state index in [4.69, 9.17) is 9.84 Å². The summed E-state index contributed by atoms with van der Waals surface area (Å²) in [5.74, 6) is 0.0564. The molecule has 1 amide bonds. The van der Waals surface area contributed by atoms with Gasteiger partial charge in [0.1, 0.15) is 11.4 Å². The lowest BCUT2D eigenvalue weighted by molar-refractivity contribution is -0.131. The van der Waals surface area contributed by atoms with Crippen molar-refractivity contribution in [1.29, 1.82) is 0 Å². The van der Waals surface area contributed by atoms with Crippen LogP contribution in [0.15, 0.2) is 24.4 Å². The number of pyridine rings is 1. The highest BCUT2D eigenvalue weighted by Gasteiger charge is 2.35. The number of carboxylic acids is 1. The molecule has 154 valence electrons. The molecule has 1 fully saturated rings.